The molecule has 3 aliphatic carbocycles. The molecule has 0 saturated heterocycles. The van der Waals surface area contributed by atoms with E-state index in [0.29, 0.717) is 25.7 Å². The molecule has 4 rings (SSSR count). The molecule has 2 saturated carbocycles. The van der Waals surface area contributed by atoms with E-state index in [1.165, 1.54) is 0 Å². The summed E-state index contributed by atoms with van der Waals surface area (Å²) in [6.45, 7) is 16.5. The first kappa shape index (κ1) is 32.4. The van der Waals surface area contributed by atoms with E-state index in [0.717, 1.165) is 11.3 Å². The number of ketones is 1. The van der Waals surface area contributed by atoms with Gasteiger partial charge in [0.15, 0.2) is 14.1 Å². The molecule has 0 aromatic heterocycles. The standard InChI is InChI=1S/C33H52O7Si/c1-29(2,3)41(8,9)40-26-16-17-32(36,21-34)25-15-19-33(37)18-14-24(30(33,4)5)27(28(35)31(25,26)6)39-20-22-10-12-23(38-7)13-11-22/h10-13,15,19,24-27,34,36-37H,14,16-18,20-21H2,1-9H3/b19-15-/t24?,25-,26-,27+,31-,32+,33+/m0/s1. The SMILES string of the molecule is COc1ccc(CO[C@H]2C(=O)[C@]3(C)[C@@H](O[Si](C)(C)C(C)(C)C)CC[C@@](O)(CO)[C@H]3/C=C\[C@]3(O)CCC2C3(C)C)cc1. The molecule has 0 aliphatic heterocycles. The maximum Gasteiger partial charge on any atom is 0.192 e. The Bertz CT molecular complexity index is 1140. The number of Topliss-reactive ketones (excluding diaryl/α,β-unsaturated/α-hetero) is 1. The number of fused-ring (bicyclic) bond motifs is 3. The summed E-state index contributed by atoms with van der Waals surface area (Å²) in [5.41, 5.74) is -3.66. The van der Waals surface area contributed by atoms with E-state index in [4.69, 9.17) is 13.9 Å². The van der Waals surface area contributed by atoms with Crippen LogP contribution >= 0.6 is 0 Å². The van der Waals surface area contributed by atoms with Crippen LogP contribution in [-0.4, -0.2) is 66.5 Å². The van der Waals surface area contributed by atoms with Crippen molar-refractivity contribution in [3.8, 4) is 5.75 Å². The van der Waals surface area contributed by atoms with Gasteiger partial charge in [0.1, 0.15) is 11.9 Å². The lowest BCUT2D eigenvalue weighted by Gasteiger charge is -2.55. The quantitative estimate of drug-likeness (QED) is 0.289. The molecule has 7 nitrogen and oxygen atoms in total. The van der Waals surface area contributed by atoms with Crippen molar-refractivity contribution in [2.75, 3.05) is 13.7 Å². The maximum absolute atomic E-state index is 15.1. The van der Waals surface area contributed by atoms with E-state index in [1.807, 2.05) is 51.1 Å². The highest BCUT2D eigenvalue weighted by atomic mass is 28.4. The molecule has 0 radical (unpaired) electrons. The summed E-state index contributed by atoms with van der Waals surface area (Å²) >= 11 is 0. The highest BCUT2D eigenvalue weighted by molar-refractivity contribution is 6.74. The summed E-state index contributed by atoms with van der Waals surface area (Å²) in [6, 6.07) is 7.59. The van der Waals surface area contributed by atoms with Crippen molar-refractivity contribution >= 4 is 14.1 Å². The molecular weight excluding hydrogens is 536 g/mol. The van der Waals surface area contributed by atoms with E-state index in [2.05, 4.69) is 33.9 Å². The van der Waals surface area contributed by atoms with Crippen LogP contribution in [0.2, 0.25) is 18.1 Å². The van der Waals surface area contributed by atoms with Crippen molar-refractivity contribution < 1.29 is 34.0 Å². The minimum Gasteiger partial charge on any atom is -0.497 e. The summed E-state index contributed by atoms with van der Waals surface area (Å²) in [5.74, 6) is -0.398. The molecule has 7 atom stereocenters. The molecule has 0 heterocycles. The van der Waals surface area contributed by atoms with Gasteiger partial charge in [0.25, 0.3) is 0 Å². The van der Waals surface area contributed by atoms with Gasteiger partial charge in [0.2, 0.25) is 0 Å². The number of rotatable bonds is 7. The molecule has 2 fully saturated rings. The van der Waals surface area contributed by atoms with Crippen molar-refractivity contribution in [2.24, 2.45) is 22.7 Å². The highest BCUT2D eigenvalue weighted by Gasteiger charge is 2.65. The zero-order chi connectivity index (χ0) is 30.6. The molecule has 3 aliphatic rings. The average molecular weight is 589 g/mol. The van der Waals surface area contributed by atoms with Crippen LogP contribution < -0.4 is 4.74 Å². The maximum atomic E-state index is 15.1. The predicted molar refractivity (Wildman–Crippen MR) is 162 cm³/mol. The molecule has 3 N–H and O–H groups in total. The van der Waals surface area contributed by atoms with Crippen LogP contribution in [0.1, 0.15) is 72.8 Å². The normalized spacial score (nSPS) is 38.0. The molecule has 0 amide bonds. The van der Waals surface area contributed by atoms with Crippen LogP contribution in [0, 0.1) is 22.7 Å². The van der Waals surface area contributed by atoms with Crippen molar-refractivity contribution in [1.29, 1.82) is 0 Å². The van der Waals surface area contributed by atoms with E-state index in [9.17, 15) is 15.3 Å². The Balaban J connectivity index is 1.84. The zero-order valence-corrected chi connectivity index (χ0v) is 27.5. The Hall–Kier alpha value is -1.55. The van der Waals surface area contributed by atoms with Crippen LogP contribution in [0.15, 0.2) is 36.4 Å². The van der Waals surface area contributed by atoms with E-state index >= 15 is 4.79 Å². The third-order valence-corrected chi connectivity index (χ3v) is 15.9. The van der Waals surface area contributed by atoms with Gasteiger partial charge in [-0.25, -0.2) is 0 Å². The second-order valence-corrected chi connectivity index (χ2v) is 19.8. The lowest BCUT2D eigenvalue weighted by atomic mass is 9.56. The average Bonchev–Trinajstić information content (AvgIpc) is 3.14. The molecule has 1 aromatic rings. The smallest absolute Gasteiger partial charge is 0.192 e. The van der Waals surface area contributed by atoms with Gasteiger partial charge in [-0.2, -0.15) is 0 Å². The number of ether oxygens (including phenoxy) is 2. The molecule has 8 heteroatoms. The third kappa shape index (κ3) is 5.38. The van der Waals surface area contributed by atoms with Gasteiger partial charge < -0.3 is 29.2 Å². The van der Waals surface area contributed by atoms with Crippen molar-refractivity contribution in [1.82, 2.24) is 0 Å². The third-order valence-electron chi connectivity index (χ3n) is 11.4. The molecule has 1 aromatic carbocycles. The number of hydrogen-bond acceptors (Lipinski definition) is 7. The number of carbonyl (C=O) groups excluding carboxylic acids is 1. The first-order valence-electron chi connectivity index (χ1n) is 15.1. The van der Waals surface area contributed by atoms with Gasteiger partial charge in [0, 0.05) is 17.3 Å². The van der Waals surface area contributed by atoms with Crippen LogP contribution in [-0.2, 0) is 20.6 Å². The number of methoxy groups -OCH3 is 1. The Morgan fingerprint density at radius 3 is 2.22 bits per heavy atom. The minimum absolute atomic E-state index is 0.0819. The first-order chi connectivity index (χ1) is 18.9. The first-order valence-corrected chi connectivity index (χ1v) is 18.0. The monoisotopic (exact) mass is 588 g/mol. The van der Waals surface area contributed by atoms with E-state index in [-0.39, 0.29) is 23.3 Å². The summed E-state index contributed by atoms with van der Waals surface area (Å²) in [7, 11) is -0.707. The summed E-state index contributed by atoms with van der Waals surface area (Å²) in [5, 5.41) is 34.2. The number of hydrogen-bond donors (Lipinski definition) is 3. The fourth-order valence-electron chi connectivity index (χ4n) is 7.23. The Morgan fingerprint density at radius 2 is 1.66 bits per heavy atom. The number of aliphatic hydroxyl groups excluding tert-OH is 1. The molecule has 41 heavy (non-hydrogen) atoms. The summed E-state index contributed by atoms with van der Waals surface area (Å²) in [6.07, 6.45) is 4.16. The lowest BCUT2D eigenvalue weighted by Crippen LogP contribution is -2.65. The van der Waals surface area contributed by atoms with Crippen LogP contribution in [0.25, 0.3) is 0 Å². The second-order valence-electron chi connectivity index (χ2n) is 15.0. The molecular formula is C33H52O7Si. The van der Waals surface area contributed by atoms with Crippen LogP contribution in [0.5, 0.6) is 5.75 Å². The number of aliphatic hydroxyl groups is 3. The molecule has 230 valence electrons. The van der Waals surface area contributed by atoms with Gasteiger partial charge in [-0.1, -0.05) is 58.9 Å². The Labute approximate surface area is 247 Å². The van der Waals surface area contributed by atoms with E-state index in [1.54, 1.807) is 13.2 Å². The fraction of sp³-hybridized carbons (Fsp3) is 0.727. The van der Waals surface area contributed by atoms with Gasteiger partial charge in [-0.15, -0.1) is 0 Å². The van der Waals surface area contributed by atoms with Gasteiger partial charge in [-0.3, -0.25) is 4.79 Å². The van der Waals surface area contributed by atoms with Crippen molar-refractivity contribution in [3.05, 3.63) is 42.0 Å². The Morgan fingerprint density at radius 1 is 1.02 bits per heavy atom. The summed E-state index contributed by atoms with van der Waals surface area (Å²) < 4.78 is 18.9. The molecule has 0 spiro atoms. The van der Waals surface area contributed by atoms with Crippen LogP contribution in [0.3, 0.4) is 0 Å². The van der Waals surface area contributed by atoms with Gasteiger partial charge >= 0.3 is 0 Å². The Kier molecular flexibility index (Phi) is 8.57. The highest BCUT2D eigenvalue weighted by Crippen LogP contribution is 2.59. The minimum atomic E-state index is -2.33. The number of carbonyl (C=O) groups is 1. The summed E-state index contributed by atoms with van der Waals surface area (Å²) in [4.78, 5) is 15.1. The van der Waals surface area contributed by atoms with Gasteiger partial charge in [0.05, 0.1) is 43.0 Å². The van der Waals surface area contributed by atoms with Crippen LogP contribution in [0.4, 0.5) is 0 Å². The predicted octanol–water partition coefficient (Wildman–Crippen LogP) is 5.42. The number of benzene rings is 1. The zero-order valence-electron chi connectivity index (χ0n) is 26.5. The lowest BCUT2D eigenvalue weighted by molar-refractivity contribution is -0.184. The van der Waals surface area contributed by atoms with Gasteiger partial charge in [-0.05, 0) is 68.4 Å². The molecule has 1 unspecified atom stereocenters. The topological polar surface area (TPSA) is 105 Å². The molecule has 2 bridgehead atoms. The van der Waals surface area contributed by atoms with Crippen molar-refractivity contribution in [2.45, 2.75) is 115 Å². The van der Waals surface area contributed by atoms with Crippen molar-refractivity contribution in [3.63, 3.8) is 0 Å². The second kappa shape index (κ2) is 10.9. The largest absolute Gasteiger partial charge is 0.497 e. The fourth-order valence-corrected chi connectivity index (χ4v) is 8.66. The van der Waals surface area contributed by atoms with E-state index < -0.39 is 55.1 Å².